The molecule has 224 valence electrons. The van der Waals surface area contributed by atoms with Crippen molar-refractivity contribution in [3.8, 4) is 5.75 Å². The van der Waals surface area contributed by atoms with E-state index < -0.39 is 53.8 Å². The van der Waals surface area contributed by atoms with Gasteiger partial charge in [0.2, 0.25) is 23.6 Å². The minimum Gasteiger partial charge on any atom is -0.469 e. The summed E-state index contributed by atoms with van der Waals surface area (Å²) in [6.07, 6.45) is -0.0209. The zero-order valence-corrected chi connectivity index (χ0v) is 23.7. The largest absolute Gasteiger partial charge is 0.469 e. The number of benzene rings is 2. The van der Waals surface area contributed by atoms with Crippen molar-refractivity contribution >= 4 is 47.1 Å². The summed E-state index contributed by atoms with van der Waals surface area (Å²) in [5.41, 5.74) is 0.795. The van der Waals surface area contributed by atoms with Crippen LogP contribution < -0.4 is 26.0 Å². The number of ether oxygens (including phenoxy) is 2. The van der Waals surface area contributed by atoms with Gasteiger partial charge in [-0.05, 0) is 51.0 Å². The molecular formula is C29H35N5O8. The Kier molecular flexibility index (Phi) is 11.4. The number of esters is 1. The number of rotatable bonds is 11. The second-order valence-corrected chi connectivity index (χ2v) is 9.65. The first kappa shape index (κ1) is 31.6. The Morgan fingerprint density at radius 2 is 1.57 bits per heavy atom. The monoisotopic (exact) mass is 581 g/mol. The van der Waals surface area contributed by atoms with Gasteiger partial charge < -0.3 is 30.3 Å². The van der Waals surface area contributed by atoms with E-state index in [2.05, 4.69) is 26.0 Å². The van der Waals surface area contributed by atoms with E-state index in [4.69, 9.17) is 4.74 Å². The predicted octanol–water partition coefficient (Wildman–Crippen LogP) is 2.19. The molecule has 4 N–H and O–H groups in total. The molecule has 0 unspecified atom stereocenters. The number of nitrogens with zero attached hydrogens (tertiary/aromatic N) is 1. The SMILES string of the molecule is COC(=O)CCC(=O)N[C@@H](C)C(=O)N[C@@H](C)C(=O)N1CCC[C@H]1C(=O)Nc1ccccc1OC(=O)Nc1ccccc1. The van der Waals surface area contributed by atoms with E-state index in [-0.39, 0.29) is 24.3 Å². The lowest BCUT2D eigenvalue weighted by molar-refractivity contribution is -0.142. The van der Waals surface area contributed by atoms with Crippen LogP contribution >= 0.6 is 0 Å². The van der Waals surface area contributed by atoms with E-state index in [1.807, 2.05) is 6.07 Å². The second kappa shape index (κ2) is 15.2. The first-order chi connectivity index (χ1) is 20.1. The van der Waals surface area contributed by atoms with Crippen LogP contribution in [-0.2, 0) is 28.7 Å². The summed E-state index contributed by atoms with van der Waals surface area (Å²) in [6, 6.07) is 12.4. The molecule has 1 heterocycles. The van der Waals surface area contributed by atoms with Crippen LogP contribution in [0.5, 0.6) is 5.75 Å². The van der Waals surface area contributed by atoms with Gasteiger partial charge in [-0.2, -0.15) is 0 Å². The van der Waals surface area contributed by atoms with Gasteiger partial charge in [-0.1, -0.05) is 30.3 Å². The summed E-state index contributed by atoms with van der Waals surface area (Å²) in [4.78, 5) is 76.0. The van der Waals surface area contributed by atoms with Crippen molar-refractivity contribution in [3.63, 3.8) is 0 Å². The molecule has 42 heavy (non-hydrogen) atoms. The van der Waals surface area contributed by atoms with Crippen LogP contribution in [0.4, 0.5) is 16.2 Å². The molecule has 1 aliphatic rings. The van der Waals surface area contributed by atoms with Crippen molar-refractivity contribution in [2.75, 3.05) is 24.3 Å². The molecular weight excluding hydrogens is 546 g/mol. The minimum absolute atomic E-state index is 0.124. The van der Waals surface area contributed by atoms with Crippen LogP contribution in [0.1, 0.15) is 39.5 Å². The molecule has 3 rings (SSSR count). The molecule has 2 aromatic carbocycles. The Morgan fingerprint density at radius 3 is 2.29 bits per heavy atom. The van der Waals surface area contributed by atoms with Crippen molar-refractivity contribution < 1.29 is 38.2 Å². The normalized spacial score (nSPS) is 15.5. The summed E-state index contributed by atoms with van der Waals surface area (Å²) in [6.45, 7) is 3.26. The highest BCUT2D eigenvalue weighted by Crippen LogP contribution is 2.27. The van der Waals surface area contributed by atoms with E-state index in [0.29, 0.717) is 25.1 Å². The van der Waals surface area contributed by atoms with Crippen molar-refractivity contribution in [2.45, 2.75) is 57.7 Å². The van der Waals surface area contributed by atoms with Gasteiger partial charge in [0.1, 0.15) is 18.1 Å². The van der Waals surface area contributed by atoms with Crippen LogP contribution in [0.2, 0.25) is 0 Å². The van der Waals surface area contributed by atoms with Gasteiger partial charge >= 0.3 is 12.1 Å². The Morgan fingerprint density at radius 1 is 0.881 bits per heavy atom. The van der Waals surface area contributed by atoms with Crippen LogP contribution in [-0.4, -0.2) is 72.4 Å². The molecule has 13 heteroatoms. The fourth-order valence-electron chi connectivity index (χ4n) is 4.29. The van der Waals surface area contributed by atoms with Gasteiger partial charge in [0.15, 0.2) is 5.75 Å². The van der Waals surface area contributed by atoms with Crippen LogP contribution in [0.3, 0.4) is 0 Å². The second-order valence-electron chi connectivity index (χ2n) is 9.65. The smallest absolute Gasteiger partial charge is 0.417 e. The minimum atomic E-state index is -0.974. The molecule has 1 fully saturated rings. The highest BCUT2D eigenvalue weighted by molar-refractivity contribution is 6.00. The van der Waals surface area contributed by atoms with Gasteiger partial charge in [0.25, 0.3) is 0 Å². The lowest BCUT2D eigenvalue weighted by Gasteiger charge is -2.28. The number of para-hydroxylation sites is 3. The molecule has 5 amide bonds. The molecule has 0 radical (unpaired) electrons. The van der Waals surface area contributed by atoms with Gasteiger partial charge in [-0.25, -0.2) is 4.79 Å². The number of hydrogen-bond donors (Lipinski definition) is 4. The van der Waals surface area contributed by atoms with E-state index in [1.54, 1.807) is 42.5 Å². The van der Waals surface area contributed by atoms with Crippen molar-refractivity contribution in [3.05, 3.63) is 54.6 Å². The molecule has 0 spiro atoms. The quantitative estimate of drug-likeness (QED) is 0.292. The Hall–Kier alpha value is -4.94. The molecule has 0 bridgehead atoms. The molecule has 0 saturated carbocycles. The molecule has 0 aliphatic carbocycles. The maximum absolute atomic E-state index is 13.2. The average molecular weight is 582 g/mol. The first-order valence-corrected chi connectivity index (χ1v) is 13.5. The molecule has 1 aliphatic heterocycles. The van der Waals surface area contributed by atoms with Crippen LogP contribution in [0, 0.1) is 0 Å². The van der Waals surface area contributed by atoms with E-state index in [1.165, 1.54) is 31.9 Å². The van der Waals surface area contributed by atoms with E-state index in [0.717, 1.165) is 0 Å². The number of anilines is 2. The van der Waals surface area contributed by atoms with Crippen molar-refractivity contribution in [1.82, 2.24) is 15.5 Å². The lowest BCUT2D eigenvalue weighted by Crippen LogP contribution is -2.54. The number of methoxy groups -OCH3 is 1. The number of nitrogens with one attached hydrogen (secondary N) is 4. The van der Waals surface area contributed by atoms with Gasteiger partial charge in [-0.3, -0.25) is 29.3 Å². The maximum Gasteiger partial charge on any atom is 0.417 e. The van der Waals surface area contributed by atoms with Gasteiger partial charge in [0, 0.05) is 18.7 Å². The third-order valence-corrected chi connectivity index (χ3v) is 6.49. The Balaban J connectivity index is 1.56. The summed E-state index contributed by atoms with van der Waals surface area (Å²) in [5.74, 6) is -2.46. The zero-order valence-electron chi connectivity index (χ0n) is 23.7. The highest BCUT2D eigenvalue weighted by Gasteiger charge is 2.37. The number of likely N-dealkylation sites (tertiary alicyclic amines) is 1. The predicted molar refractivity (Wildman–Crippen MR) is 152 cm³/mol. The summed E-state index contributed by atoms with van der Waals surface area (Å²) in [5, 5.41) is 10.4. The summed E-state index contributed by atoms with van der Waals surface area (Å²) in [7, 11) is 1.21. The van der Waals surface area contributed by atoms with E-state index >= 15 is 0 Å². The topological polar surface area (TPSA) is 172 Å². The number of hydrogen-bond acceptors (Lipinski definition) is 8. The van der Waals surface area contributed by atoms with Crippen molar-refractivity contribution in [2.24, 2.45) is 0 Å². The molecule has 2 aromatic rings. The van der Waals surface area contributed by atoms with Crippen LogP contribution in [0.25, 0.3) is 0 Å². The van der Waals surface area contributed by atoms with Gasteiger partial charge in [0.05, 0.1) is 19.2 Å². The number of carbonyl (C=O) groups is 6. The first-order valence-electron chi connectivity index (χ1n) is 13.5. The van der Waals surface area contributed by atoms with E-state index in [9.17, 15) is 28.8 Å². The fraction of sp³-hybridized carbons (Fsp3) is 0.379. The lowest BCUT2D eigenvalue weighted by atomic mass is 10.1. The third kappa shape index (κ3) is 9.04. The molecule has 0 aromatic heterocycles. The zero-order chi connectivity index (χ0) is 30.6. The average Bonchev–Trinajstić information content (AvgIpc) is 3.47. The number of amides is 5. The highest BCUT2D eigenvalue weighted by atomic mass is 16.6. The summed E-state index contributed by atoms with van der Waals surface area (Å²) >= 11 is 0. The molecule has 3 atom stereocenters. The fourth-order valence-corrected chi connectivity index (χ4v) is 4.29. The standard InChI is InChI=1S/C29H35N5O8/c1-18(30-24(35)15-16-25(36)41-3)26(37)31-19(2)28(39)34-17-9-13-22(34)27(38)33-21-12-7-8-14-23(21)42-29(40)32-20-10-5-4-6-11-20/h4-8,10-12,14,18-19,22H,9,13,15-17H2,1-3H3,(H,30,35)(H,31,37)(H,32,40)(H,33,38)/t18-,19-,22-/m0/s1. The molecule has 13 nitrogen and oxygen atoms in total. The third-order valence-electron chi connectivity index (χ3n) is 6.49. The Labute approximate surface area is 243 Å². The summed E-state index contributed by atoms with van der Waals surface area (Å²) < 4.78 is 9.90. The molecule has 1 saturated heterocycles. The Bertz CT molecular complexity index is 1300. The number of carbonyl (C=O) groups excluding carboxylic acids is 6. The maximum atomic E-state index is 13.2. The van der Waals surface area contributed by atoms with Crippen LogP contribution in [0.15, 0.2) is 54.6 Å². The van der Waals surface area contributed by atoms with Crippen molar-refractivity contribution in [1.29, 1.82) is 0 Å². The van der Waals surface area contributed by atoms with Gasteiger partial charge in [-0.15, -0.1) is 0 Å².